The van der Waals surface area contributed by atoms with Crippen LogP contribution >= 0.6 is 11.6 Å². The van der Waals surface area contributed by atoms with E-state index < -0.39 is 0 Å². The first kappa shape index (κ1) is 13.6. The van der Waals surface area contributed by atoms with Crippen molar-refractivity contribution in [3.8, 4) is 0 Å². The summed E-state index contributed by atoms with van der Waals surface area (Å²) in [4.78, 5) is 15.9. The minimum absolute atomic E-state index is 0.0626. The van der Waals surface area contributed by atoms with Crippen LogP contribution in [0.4, 0.5) is 5.69 Å². The van der Waals surface area contributed by atoms with Crippen molar-refractivity contribution in [2.75, 3.05) is 5.32 Å². The van der Waals surface area contributed by atoms with Crippen LogP contribution in [-0.2, 0) is 11.2 Å². The van der Waals surface area contributed by atoms with Gasteiger partial charge in [-0.25, -0.2) is 4.98 Å². The SMILES string of the molecule is Cc1ccc(CC(=O)Nc2cnc(Cl)c(C)c2)cc1. The molecule has 1 aromatic carbocycles. The van der Waals surface area contributed by atoms with Crippen LogP contribution in [0, 0.1) is 13.8 Å². The average molecular weight is 275 g/mol. The van der Waals surface area contributed by atoms with Crippen LogP contribution in [0.3, 0.4) is 0 Å². The van der Waals surface area contributed by atoms with Crippen molar-refractivity contribution in [3.05, 3.63) is 58.4 Å². The summed E-state index contributed by atoms with van der Waals surface area (Å²) in [5.74, 6) is -0.0626. The Balaban J connectivity index is 2.01. The van der Waals surface area contributed by atoms with E-state index >= 15 is 0 Å². The highest BCUT2D eigenvalue weighted by molar-refractivity contribution is 6.30. The zero-order valence-corrected chi connectivity index (χ0v) is 11.7. The van der Waals surface area contributed by atoms with Crippen LogP contribution in [0.25, 0.3) is 0 Å². The average Bonchev–Trinajstić information content (AvgIpc) is 2.37. The number of pyridine rings is 1. The molecule has 19 heavy (non-hydrogen) atoms. The summed E-state index contributed by atoms with van der Waals surface area (Å²) in [7, 11) is 0. The van der Waals surface area contributed by atoms with Crippen LogP contribution in [0.15, 0.2) is 36.5 Å². The molecule has 0 aliphatic heterocycles. The molecule has 0 spiro atoms. The van der Waals surface area contributed by atoms with Crippen molar-refractivity contribution < 1.29 is 4.79 Å². The Morgan fingerprint density at radius 1 is 1.26 bits per heavy atom. The molecule has 0 radical (unpaired) electrons. The number of aryl methyl sites for hydroxylation is 2. The second-order valence-corrected chi connectivity index (χ2v) is 4.90. The van der Waals surface area contributed by atoms with Gasteiger partial charge in [0.05, 0.1) is 18.3 Å². The van der Waals surface area contributed by atoms with Crippen molar-refractivity contribution in [3.63, 3.8) is 0 Å². The van der Waals surface area contributed by atoms with Gasteiger partial charge in [-0.2, -0.15) is 0 Å². The van der Waals surface area contributed by atoms with Gasteiger partial charge in [0.1, 0.15) is 5.15 Å². The highest BCUT2D eigenvalue weighted by atomic mass is 35.5. The molecule has 98 valence electrons. The van der Waals surface area contributed by atoms with Crippen LogP contribution in [0.1, 0.15) is 16.7 Å². The van der Waals surface area contributed by atoms with Gasteiger partial charge in [0, 0.05) is 0 Å². The van der Waals surface area contributed by atoms with E-state index in [0.717, 1.165) is 11.1 Å². The van der Waals surface area contributed by atoms with Gasteiger partial charge in [-0.3, -0.25) is 4.79 Å². The molecule has 0 saturated heterocycles. The van der Waals surface area contributed by atoms with Gasteiger partial charge in [-0.15, -0.1) is 0 Å². The van der Waals surface area contributed by atoms with E-state index in [4.69, 9.17) is 11.6 Å². The van der Waals surface area contributed by atoms with Crippen LogP contribution < -0.4 is 5.32 Å². The summed E-state index contributed by atoms with van der Waals surface area (Å²) in [5, 5.41) is 3.27. The van der Waals surface area contributed by atoms with Gasteiger partial charge in [-0.05, 0) is 31.0 Å². The van der Waals surface area contributed by atoms with Crippen molar-refractivity contribution in [1.82, 2.24) is 4.98 Å². The second kappa shape index (κ2) is 5.85. The number of halogens is 1. The van der Waals surface area contributed by atoms with E-state index in [2.05, 4.69) is 10.3 Å². The predicted octanol–water partition coefficient (Wildman–Crippen LogP) is 3.53. The quantitative estimate of drug-likeness (QED) is 0.870. The number of carbonyl (C=O) groups excluding carboxylic acids is 1. The van der Waals surface area contributed by atoms with Gasteiger partial charge in [0.2, 0.25) is 5.91 Å². The molecule has 0 unspecified atom stereocenters. The summed E-state index contributed by atoms with van der Waals surface area (Å²) >= 11 is 5.84. The fourth-order valence-corrected chi connectivity index (χ4v) is 1.83. The van der Waals surface area contributed by atoms with Gasteiger partial charge < -0.3 is 5.32 Å². The molecular weight excluding hydrogens is 260 g/mol. The topological polar surface area (TPSA) is 42.0 Å². The highest BCUT2D eigenvalue weighted by Crippen LogP contribution is 2.16. The number of benzene rings is 1. The summed E-state index contributed by atoms with van der Waals surface area (Å²) in [6.45, 7) is 3.87. The third-order valence-corrected chi connectivity index (χ3v) is 3.18. The lowest BCUT2D eigenvalue weighted by atomic mass is 10.1. The number of carbonyl (C=O) groups is 1. The number of hydrogen-bond acceptors (Lipinski definition) is 2. The predicted molar refractivity (Wildman–Crippen MR) is 77.5 cm³/mol. The molecule has 0 aliphatic rings. The Bertz CT molecular complexity index is 594. The fraction of sp³-hybridized carbons (Fsp3) is 0.200. The Kier molecular flexibility index (Phi) is 4.17. The number of amides is 1. The van der Waals surface area contributed by atoms with Crippen LogP contribution in [0.5, 0.6) is 0 Å². The highest BCUT2D eigenvalue weighted by Gasteiger charge is 2.05. The van der Waals surface area contributed by atoms with Gasteiger partial charge in [0.15, 0.2) is 0 Å². The van der Waals surface area contributed by atoms with Crippen LogP contribution in [-0.4, -0.2) is 10.9 Å². The molecule has 0 saturated carbocycles. The smallest absolute Gasteiger partial charge is 0.228 e. The maximum absolute atomic E-state index is 11.9. The maximum atomic E-state index is 11.9. The Morgan fingerprint density at radius 2 is 1.95 bits per heavy atom. The molecule has 0 aliphatic carbocycles. The minimum Gasteiger partial charge on any atom is -0.324 e. The molecule has 3 nitrogen and oxygen atoms in total. The normalized spacial score (nSPS) is 10.3. The molecule has 0 atom stereocenters. The van der Waals surface area contributed by atoms with E-state index in [1.54, 1.807) is 6.20 Å². The maximum Gasteiger partial charge on any atom is 0.228 e. The van der Waals surface area contributed by atoms with E-state index in [9.17, 15) is 4.79 Å². The number of rotatable bonds is 3. The zero-order chi connectivity index (χ0) is 13.8. The molecule has 4 heteroatoms. The third-order valence-electron chi connectivity index (χ3n) is 2.78. The number of nitrogens with one attached hydrogen (secondary N) is 1. The van der Waals surface area contributed by atoms with E-state index in [1.165, 1.54) is 5.56 Å². The monoisotopic (exact) mass is 274 g/mol. The summed E-state index contributed by atoms with van der Waals surface area (Å²) in [5.41, 5.74) is 3.68. The Labute approximate surface area is 117 Å². The van der Waals surface area contributed by atoms with Gasteiger partial charge in [0.25, 0.3) is 0 Å². The molecule has 1 N–H and O–H groups in total. The number of aromatic nitrogens is 1. The van der Waals surface area contributed by atoms with Crippen molar-refractivity contribution >= 4 is 23.2 Å². The number of anilines is 1. The van der Waals surface area contributed by atoms with E-state index in [0.29, 0.717) is 17.3 Å². The minimum atomic E-state index is -0.0626. The largest absolute Gasteiger partial charge is 0.324 e. The Hall–Kier alpha value is -1.87. The first-order valence-electron chi connectivity index (χ1n) is 6.02. The van der Waals surface area contributed by atoms with E-state index in [1.807, 2.05) is 44.2 Å². The molecule has 2 rings (SSSR count). The Morgan fingerprint density at radius 3 is 2.58 bits per heavy atom. The lowest BCUT2D eigenvalue weighted by Crippen LogP contribution is -2.14. The van der Waals surface area contributed by atoms with Gasteiger partial charge >= 0.3 is 0 Å². The summed E-state index contributed by atoms with van der Waals surface area (Å²) < 4.78 is 0. The van der Waals surface area contributed by atoms with Crippen LogP contribution in [0.2, 0.25) is 5.15 Å². The molecule has 2 aromatic rings. The van der Waals surface area contributed by atoms with Crippen molar-refractivity contribution in [1.29, 1.82) is 0 Å². The van der Waals surface area contributed by atoms with Gasteiger partial charge in [-0.1, -0.05) is 41.4 Å². The van der Waals surface area contributed by atoms with Crippen molar-refractivity contribution in [2.24, 2.45) is 0 Å². The summed E-state index contributed by atoms with van der Waals surface area (Å²) in [6.07, 6.45) is 1.91. The standard InChI is InChI=1S/C15H15ClN2O/c1-10-3-5-12(6-4-10)8-14(19)18-13-7-11(2)15(16)17-9-13/h3-7,9H,8H2,1-2H3,(H,18,19). The molecular formula is C15H15ClN2O. The molecule has 1 aromatic heterocycles. The molecule has 1 heterocycles. The number of nitrogens with zero attached hydrogens (tertiary/aromatic N) is 1. The van der Waals surface area contributed by atoms with Crippen molar-refractivity contribution in [2.45, 2.75) is 20.3 Å². The zero-order valence-electron chi connectivity index (χ0n) is 10.9. The molecule has 0 fully saturated rings. The second-order valence-electron chi connectivity index (χ2n) is 4.54. The number of hydrogen-bond donors (Lipinski definition) is 1. The molecule has 0 bridgehead atoms. The first-order chi connectivity index (χ1) is 9.04. The lowest BCUT2D eigenvalue weighted by Gasteiger charge is -2.06. The first-order valence-corrected chi connectivity index (χ1v) is 6.40. The van der Waals surface area contributed by atoms with E-state index in [-0.39, 0.29) is 5.91 Å². The lowest BCUT2D eigenvalue weighted by molar-refractivity contribution is -0.115. The fourth-order valence-electron chi connectivity index (χ4n) is 1.72. The third kappa shape index (κ3) is 3.80. The summed E-state index contributed by atoms with van der Waals surface area (Å²) in [6, 6.07) is 9.72. The molecule has 1 amide bonds.